The Labute approximate surface area is 84.5 Å². The van der Waals surface area contributed by atoms with E-state index in [4.69, 9.17) is 0 Å². The molecule has 0 spiro atoms. The third-order valence-electron chi connectivity index (χ3n) is 2.07. The van der Waals surface area contributed by atoms with Crippen molar-refractivity contribution >= 4 is 5.78 Å². The zero-order valence-corrected chi connectivity index (χ0v) is 8.90. The van der Waals surface area contributed by atoms with Gasteiger partial charge in [-0.2, -0.15) is 0 Å². The number of hydrogen-bond donors (Lipinski definition) is 0. The summed E-state index contributed by atoms with van der Waals surface area (Å²) in [7, 11) is 0. The molecule has 3 nitrogen and oxygen atoms in total. The zero-order chi connectivity index (χ0) is 10.6. The van der Waals surface area contributed by atoms with Gasteiger partial charge in [-0.05, 0) is 13.0 Å². The number of imidazole rings is 1. The predicted octanol–water partition coefficient (Wildman–Crippen LogP) is 1.97. The summed E-state index contributed by atoms with van der Waals surface area (Å²) >= 11 is 0. The number of hydrogen-bond acceptors (Lipinski definition) is 2. The second-order valence-electron chi connectivity index (χ2n) is 3.65. The molecular formula is C11H16N2O. The van der Waals surface area contributed by atoms with E-state index in [2.05, 4.69) is 4.98 Å². The molecule has 0 aliphatic heterocycles. The maximum absolute atomic E-state index is 11.2. The van der Waals surface area contributed by atoms with Crippen molar-refractivity contribution in [1.29, 1.82) is 0 Å². The van der Waals surface area contributed by atoms with Gasteiger partial charge in [-0.1, -0.05) is 19.9 Å². The van der Waals surface area contributed by atoms with Crippen molar-refractivity contribution < 1.29 is 4.79 Å². The van der Waals surface area contributed by atoms with E-state index in [1.165, 1.54) is 0 Å². The van der Waals surface area contributed by atoms with E-state index >= 15 is 0 Å². The lowest BCUT2D eigenvalue weighted by Gasteiger charge is -2.00. The fourth-order valence-electron chi connectivity index (χ4n) is 1.05. The largest absolute Gasteiger partial charge is 0.331 e. The summed E-state index contributed by atoms with van der Waals surface area (Å²) in [4.78, 5) is 15.2. The highest BCUT2D eigenvalue weighted by atomic mass is 16.1. The highest BCUT2D eigenvalue weighted by Gasteiger charge is 2.01. The number of ketones is 1. The van der Waals surface area contributed by atoms with E-state index in [0.29, 0.717) is 6.54 Å². The van der Waals surface area contributed by atoms with Crippen molar-refractivity contribution in [3.63, 3.8) is 0 Å². The van der Waals surface area contributed by atoms with Crippen LogP contribution in [0.4, 0.5) is 0 Å². The highest BCUT2D eigenvalue weighted by molar-refractivity contribution is 5.91. The SMILES string of the molecule is Cc1cncn1C/C=C/C(=O)C(C)C. The minimum absolute atomic E-state index is 0.0788. The molecule has 76 valence electrons. The number of nitrogens with zero attached hydrogens (tertiary/aromatic N) is 2. The van der Waals surface area contributed by atoms with Crippen LogP contribution in [0.3, 0.4) is 0 Å². The van der Waals surface area contributed by atoms with Gasteiger partial charge < -0.3 is 4.57 Å². The van der Waals surface area contributed by atoms with Gasteiger partial charge in [0.2, 0.25) is 0 Å². The molecule has 0 saturated carbocycles. The van der Waals surface area contributed by atoms with Crippen molar-refractivity contribution in [3.8, 4) is 0 Å². The van der Waals surface area contributed by atoms with Gasteiger partial charge in [0.15, 0.2) is 5.78 Å². The third-order valence-corrected chi connectivity index (χ3v) is 2.07. The fourth-order valence-corrected chi connectivity index (χ4v) is 1.05. The molecule has 1 rings (SSSR count). The molecule has 0 N–H and O–H groups in total. The second kappa shape index (κ2) is 4.74. The Kier molecular flexibility index (Phi) is 3.63. The summed E-state index contributed by atoms with van der Waals surface area (Å²) < 4.78 is 1.99. The molecule has 0 aliphatic carbocycles. The van der Waals surface area contributed by atoms with Crippen LogP contribution in [0.1, 0.15) is 19.5 Å². The van der Waals surface area contributed by atoms with Gasteiger partial charge in [0.25, 0.3) is 0 Å². The number of aromatic nitrogens is 2. The Morgan fingerprint density at radius 2 is 2.36 bits per heavy atom. The predicted molar refractivity (Wildman–Crippen MR) is 55.9 cm³/mol. The van der Waals surface area contributed by atoms with Gasteiger partial charge >= 0.3 is 0 Å². The minimum atomic E-state index is 0.0788. The molecule has 0 radical (unpaired) electrons. The fraction of sp³-hybridized carbons (Fsp3) is 0.455. The maximum atomic E-state index is 11.2. The van der Waals surface area contributed by atoms with Crippen LogP contribution in [0.5, 0.6) is 0 Å². The first-order valence-corrected chi connectivity index (χ1v) is 4.78. The van der Waals surface area contributed by atoms with E-state index in [9.17, 15) is 4.79 Å². The second-order valence-corrected chi connectivity index (χ2v) is 3.65. The maximum Gasteiger partial charge on any atom is 0.157 e. The molecule has 1 aromatic heterocycles. The number of rotatable bonds is 4. The van der Waals surface area contributed by atoms with Gasteiger partial charge in [0, 0.05) is 24.4 Å². The van der Waals surface area contributed by atoms with Gasteiger partial charge in [0.1, 0.15) is 0 Å². The van der Waals surface area contributed by atoms with Crippen LogP contribution in [0.15, 0.2) is 24.7 Å². The number of aryl methyl sites for hydroxylation is 1. The van der Waals surface area contributed by atoms with Crippen molar-refractivity contribution in [1.82, 2.24) is 9.55 Å². The van der Waals surface area contributed by atoms with Gasteiger partial charge in [-0.15, -0.1) is 0 Å². The van der Waals surface area contributed by atoms with Crippen LogP contribution in [0.25, 0.3) is 0 Å². The summed E-state index contributed by atoms with van der Waals surface area (Å²) in [6.07, 6.45) is 7.08. The number of carbonyl (C=O) groups is 1. The molecule has 0 aliphatic rings. The molecule has 0 unspecified atom stereocenters. The molecule has 0 amide bonds. The lowest BCUT2D eigenvalue weighted by Crippen LogP contribution is -2.03. The minimum Gasteiger partial charge on any atom is -0.331 e. The highest BCUT2D eigenvalue weighted by Crippen LogP contribution is 1.98. The Hall–Kier alpha value is -1.38. The Morgan fingerprint density at radius 1 is 1.64 bits per heavy atom. The van der Waals surface area contributed by atoms with Crippen LogP contribution in [0, 0.1) is 12.8 Å². The average molecular weight is 192 g/mol. The average Bonchev–Trinajstić information content (AvgIpc) is 2.51. The number of carbonyl (C=O) groups excluding carboxylic acids is 1. The lowest BCUT2D eigenvalue weighted by molar-refractivity contribution is -0.117. The van der Waals surface area contributed by atoms with E-state index in [1.54, 1.807) is 18.6 Å². The standard InChI is InChI=1S/C11H16N2O/c1-9(2)11(14)5-4-6-13-8-12-7-10(13)3/h4-5,7-9H,6H2,1-3H3/b5-4+. The molecule has 14 heavy (non-hydrogen) atoms. The van der Waals surface area contributed by atoms with Crippen LogP contribution in [-0.2, 0) is 11.3 Å². The van der Waals surface area contributed by atoms with Crippen molar-refractivity contribution in [3.05, 3.63) is 30.4 Å². The molecule has 0 aromatic carbocycles. The first kappa shape index (κ1) is 10.7. The van der Waals surface area contributed by atoms with E-state index in [1.807, 2.05) is 31.4 Å². The summed E-state index contributed by atoms with van der Waals surface area (Å²) in [6.45, 7) is 6.50. The van der Waals surface area contributed by atoms with Crippen LogP contribution in [-0.4, -0.2) is 15.3 Å². The Bertz CT molecular complexity index is 337. The molecule has 0 saturated heterocycles. The topological polar surface area (TPSA) is 34.9 Å². The Balaban J connectivity index is 2.49. The molecule has 3 heteroatoms. The van der Waals surface area contributed by atoms with E-state index < -0.39 is 0 Å². The van der Waals surface area contributed by atoms with Gasteiger partial charge in [-0.3, -0.25) is 4.79 Å². The molecule has 1 heterocycles. The van der Waals surface area contributed by atoms with Gasteiger partial charge in [-0.25, -0.2) is 4.98 Å². The van der Waals surface area contributed by atoms with E-state index in [-0.39, 0.29) is 11.7 Å². The molecule has 0 fully saturated rings. The molecular weight excluding hydrogens is 176 g/mol. The first-order chi connectivity index (χ1) is 6.61. The van der Waals surface area contributed by atoms with Crippen molar-refractivity contribution in [2.75, 3.05) is 0 Å². The van der Waals surface area contributed by atoms with E-state index in [0.717, 1.165) is 5.69 Å². The molecule has 0 atom stereocenters. The lowest BCUT2D eigenvalue weighted by atomic mass is 10.1. The summed E-state index contributed by atoms with van der Waals surface area (Å²) in [5.41, 5.74) is 1.10. The monoisotopic (exact) mass is 192 g/mol. The van der Waals surface area contributed by atoms with Crippen LogP contribution < -0.4 is 0 Å². The molecule has 1 aromatic rings. The summed E-state index contributed by atoms with van der Waals surface area (Å²) in [5, 5.41) is 0. The number of allylic oxidation sites excluding steroid dienone is 2. The van der Waals surface area contributed by atoms with Crippen LogP contribution >= 0.6 is 0 Å². The third kappa shape index (κ3) is 2.83. The quantitative estimate of drug-likeness (QED) is 0.684. The van der Waals surface area contributed by atoms with Crippen molar-refractivity contribution in [2.24, 2.45) is 5.92 Å². The first-order valence-electron chi connectivity index (χ1n) is 4.78. The normalized spacial score (nSPS) is 11.4. The van der Waals surface area contributed by atoms with Crippen molar-refractivity contribution in [2.45, 2.75) is 27.3 Å². The van der Waals surface area contributed by atoms with Gasteiger partial charge in [0.05, 0.1) is 6.33 Å². The smallest absolute Gasteiger partial charge is 0.157 e. The zero-order valence-electron chi connectivity index (χ0n) is 8.90. The summed E-state index contributed by atoms with van der Waals surface area (Å²) in [6, 6.07) is 0. The van der Waals surface area contributed by atoms with Crippen LogP contribution in [0.2, 0.25) is 0 Å². The summed E-state index contributed by atoms with van der Waals surface area (Å²) in [5.74, 6) is 0.248. The molecule has 0 bridgehead atoms. The Morgan fingerprint density at radius 3 is 2.86 bits per heavy atom.